The van der Waals surface area contributed by atoms with Crippen molar-refractivity contribution < 1.29 is 23.4 Å². The third kappa shape index (κ3) is 4.39. The van der Waals surface area contributed by atoms with Gasteiger partial charge in [-0.1, -0.05) is 37.1 Å². The molecule has 0 fully saturated rings. The van der Waals surface area contributed by atoms with Crippen LogP contribution < -0.4 is 19.6 Å². The largest absolute Gasteiger partial charge is 0.486 e. The first kappa shape index (κ1) is 22.7. The van der Waals surface area contributed by atoms with Crippen LogP contribution in [0.5, 0.6) is 17.2 Å². The van der Waals surface area contributed by atoms with Gasteiger partial charge in [-0.2, -0.15) is 0 Å². The van der Waals surface area contributed by atoms with E-state index in [2.05, 4.69) is 0 Å². The number of ether oxygens (including phenoxy) is 3. The Bertz CT molecular complexity index is 1480. The summed E-state index contributed by atoms with van der Waals surface area (Å²) < 4.78 is 23.1. The van der Waals surface area contributed by atoms with Crippen LogP contribution in [0.15, 0.2) is 63.8 Å². The molecule has 0 atom stereocenters. The maximum atomic E-state index is 13.6. The van der Waals surface area contributed by atoms with Gasteiger partial charge in [0.2, 0.25) is 5.43 Å². The number of rotatable bonds is 5. The highest BCUT2D eigenvalue weighted by atomic mass is 16.6. The Balaban J connectivity index is 1.58. The SMILES string of the molecule is CCCc1cc2c(=O)c(-c3ccc4c(c3)OCCO4)c(C)oc2cc1OC(=O)c1ccc(C)cc1. The number of esters is 1. The molecule has 1 aromatic heterocycles. The smallest absolute Gasteiger partial charge is 0.343 e. The molecule has 0 N–H and O–H groups in total. The summed E-state index contributed by atoms with van der Waals surface area (Å²) in [7, 11) is 0. The summed E-state index contributed by atoms with van der Waals surface area (Å²) in [4.78, 5) is 26.4. The van der Waals surface area contributed by atoms with Crippen molar-refractivity contribution in [2.24, 2.45) is 0 Å². The summed E-state index contributed by atoms with van der Waals surface area (Å²) in [5.41, 5.74) is 3.71. The van der Waals surface area contributed by atoms with Crippen LogP contribution in [0, 0.1) is 13.8 Å². The molecule has 0 unspecified atom stereocenters. The van der Waals surface area contributed by atoms with E-state index in [1.807, 2.05) is 44.2 Å². The minimum absolute atomic E-state index is 0.144. The number of aryl methyl sites for hydroxylation is 3. The van der Waals surface area contributed by atoms with E-state index in [4.69, 9.17) is 18.6 Å². The number of hydrogen-bond acceptors (Lipinski definition) is 6. The minimum atomic E-state index is -0.450. The van der Waals surface area contributed by atoms with Gasteiger partial charge >= 0.3 is 5.97 Å². The third-order valence-corrected chi connectivity index (χ3v) is 6.09. The molecule has 0 amide bonds. The molecule has 0 radical (unpaired) electrons. The standard InChI is InChI=1S/C29H26O6/c1-4-5-20-14-22-25(16-24(20)35-29(31)19-8-6-17(2)7-9-19)34-18(3)27(28(22)30)21-10-11-23-26(15-21)33-13-12-32-23/h6-11,14-16H,4-5,12-13H2,1-3H3. The third-order valence-electron chi connectivity index (χ3n) is 6.09. The molecule has 6 nitrogen and oxygen atoms in total. The van der Waals surface area contributed by atoms with Crippen molar-refractivity contribution in [3.8, 4) is 28.4 Å². The van der Waals surface area contributed by atoms with Gasteiger partial charge in [0, 0.05) is 6.07 Å². The molecule has 4 aromatic rings. The molecule has 178 valence electrons. The normalized spacial score (nSPS) is 12.5. The van der Waals surface area contributed by atoms with Gasteiger partial charge in [-0.25, -0.2) is 4.79 Å². The zero-order valence-corrected chi connectivity index (χ0v) is 20.0. The van der Waals surface area contributed by atoms with E-state index in [1.165, 1.54) is 0 Å². The molecule has 0 saturated carbocycles. The van der Waals surface area contributed by atoms with Crippen molar-refractivity contribution in [2.75, 3.05) is 13.2 Å². The van der Waals surface area contributed by atoms with E-state index < -0.39 is 5.97 Å². The Morgan fingerprint density at radius 1 is 0.943 bits per heavy atom. The number of fused-ring (bicyclic) bond motifs is 2. The Morgan fingerprint density at radius 3 is 2.43 bits per heavy atom. The Hall–Kier alpha value is -4.06. The quantitative estimate of drug-likeness (QED) is 0.262. The monoisotopic (exact) mass is 470 g/mol. The lowest BCUT2D eigenvalue weighted by Gasteiger charge is -2.19. The fraction of sp³-hybridized carbons (Fsp3) is 0.241. The van der Waals surface area contributed by atoms with Crippen LogP contribution in [0.1, 0.15) is 40.6 Å². The van der Waals surface area contributed by atoms with Gasteiger partial charge in [0.1, 0.15) is 30.3 Å². The Morgan fingerprint density at radius 2 is 1.69 bits per heavy atom. The second-order valence-electron chi connectivity index (χ2n) is 8.68. The summed E-state index contributed by atoms with van der Waals surface area (Å²) in [6.45, 7) is 6.72. The van der Waals surface area contributed by atoms with Gasteiger partial charge in [0.25, 0.3) is 0 Å². The number of hydrogen-bond donors (Lipinski definition) is 0. The average molecular weight is 471 g/mol. The Labute approximate surface area is 203 Å². The summed E-state index contributed by atoms with van der Waals surface area (Å²) in [5.74, 6) is 1.69. The zero-order chi connectivity index (χ0) is 24.5. The van der Waals surface area contributed by atoms with Crippen LogP contribution in [-0.4, -0.2) is 19.2 Å². The summed E-state index contributed by atoms with van der Waals surface area (Å²) in [6, 6.07) is 16.1. The molecule has 0 saturated heterocycles. The fourth-order valence-electron chi connectivity index (χ4n) is 4.32. The molecule has 1 aliphatic rings. The highest BCUT2D eigenvalue weighted by molar-refractivity contribution is 5.92. The van der Waals surface area contributed by atoms with Crippen LogP contribution in [0.2, 0.25) is 0 Å². The lowest BCUT2D eigenvalue weighted by molar-refractivity contribution is 0.0733. The maximum absolute atomic E-state index is 13.6. The van der Waals surface area contributed by atoms with Crippen LogP contribution in [0.25, 0.3) is 22.1 Å². The molecule has 3 aromatic carbocycles. The molecular formula is C29H26O6. The van der Waals surface area contributed by atoms with E-state index in [1.54, 1.807) is 31.2 Å². The van der Waals surface area contributed by atoms with Gasteiger partial charge in [-0.15, -0.1) is 0 Å². The highest BCUT2D eigenvalue weighted by Gasteiger charge is 2.20. The van der Waals surface area contributed by atoms with Crippen molar-refractivity contribution in [3.63, 3.8) is 0 Å². The number of carbonyl (C=O) groups is 1. The second-order valence-corrected chi connectivity index (χ2v) is 8.68. The van der Waals surface area contributed by atoms with Crippen LogP contribution in [0.4, 0.5) is 0 Å². The first-order valence-electron chi connectivity index (χ1n) is 11.7. The van der Waals surface area contributed by atoms with Crippen LogP contribution in [-0.2, 0) is 6.42 Å². The van der Waals surface area contributed by atoms with E-state index in [0.29, 0.717) is 70.3 Å². The molecule has 6 heteroatoms. The minimum Gasteiger partial charge on any atom is -0.486 e. The highest BCUT2D eigenvalue weighted by Crippen LogP contribution is 2.36. The first-order chi connectivity index (χ1) is 16.9. The van der Waals surface area contributed by atoms with E-state index >= 15 is 0 Å². The van der Waals surface area contributed by atoms with Gasteiger partial charge in [-0.05, 0) is 61.7 Å². The predicted molar refractivity (Wildman–Crippen MR) is 134 cm³/mol. The predicted octanol–water partition coefficient (Wildman–Crippen LogP) is 6.02. The van der Waals surface area contributed by atoms with E-state index in [-0.39, 0.29) is 5.43 Å². The van der Waals surface area contributed by atoms with Crippen molar-refractivity contribution in [2.45, 2.75) is 33.6 Å². The van der Waals surface area contributed by atoms with Crippen molar-refractivity contribution in [1.29, 1.82) is 0 Å². The van der Waals surface area contributed by atoms with Gasteiger partial charge in [0.05, 0.1) is 16.5 Å². The van der Waals surface area contributed by atoms with Crippen molar-refractivity contribution >= 4 is 16.9 Å². The zero-order valence-electron chi connectivity index (χ0n) is 20.0. The van der Waals surface area contributed by atoms with Gasteiger partial charge < -0.3 is 18.6 Å². The molecule has 0 aliphatic carbocycles. The average Bonchev–Trinajstić information content (AvgIpc) is 2.85. The van der Waals surface area contributed by atoms with Gasteiger partial charge in [-0.3, -0.25) is 4.79 Å². The maximum Gasteiger partial charge on any atom is 0.343 e. The second kappa shape index (κ2) is 9.29. The van der Waals surface area contributed by atoms with Crippen LogP contribution in [0.3, 0.4) is 0 Å². The topological polar surface area (TPSA) is 75.0 Å². The molecule has 1 aliphatic heterocycles. The number of benzene rings is 3. The summed E-state index contributed by atoms with van der Waals surface area (Å²) >= 11 is 0. The molecule has 5 rings (SSSR count). The molecule has 0 bridgehead atoms. The van der Waals surface area contributed by atoms with Crippen LogP contribution >= 0.6 is 0 Å². The van der Waals surface area contributed by atoms with Crippen molar-refractivity contribution in [3.05, 3.63) is 87.3 Å². The molecule has 0 spiro atoms. The fourth-order valence-corrected chi connectivity index (χ4v) is 4.32. The molecule has 2 heterocycles. The van der Waals surface area contributed by atoms with Gasteiger partial charge in [0.15, 0.2) is 11.5 Å². The lowest BCUT2D eigenvalue weighted by atomic mass is 9.99. The summed E-state index contributed by atoms with van der Waals surface area (Å²) in [5, 5.41) is 0.444. The number of carbonyl (C=O) groups excluding carboxylic acids is 1. The van der Waals surface area contributed by atoms with E-state index in [0.717, 1.165) is 17.5 Å². The lowest BCUT2D eigenvalue weighted by Crippen LogP contribution is -2.15. The van der Waals surface area contributed by atoms with Crippen molar-refractivity contribution in [1.82, 2.24) is 0 Å². The Kier molecular flexibility index (Phi) is 6.03. The molecule has 35 heavy (non-hydrogen) atoms. The first-order valence-corrected chi connectivity index (χ1v) is 11.7. The summed E-state index contributed by atoms with van der Waals surface area (Å²) in [6.07, 6.45) is 1.48. The van der Waals surface area contributed by atoms with E-state index in [9.17, 15) is 9.59 Å². The molecular weight excluding hydrogens is 444 g/mol.